The van der Waals surface area contributed by atoms with E-state index in [4.69, 9.17) is 4.74 Å². The third-order valence-corrected chi connectivity index (χ3v) is 5.47. The molecule has 0 unspecified atom stereocenters. The predicted molar refractivity (Wildman–Crippen MR) is 92.8 cm³/mol. The Balaban J connectivity index is 1.90. The van der Waals surface area contributed by atoms with Crippen LogP contribution in [0.25, 0.3) is 0 Å². The van der Waals surface area contributed by atoms with Crippen LogP contribution < -0.4 is 4.74 Å². The summed E-state index contributed by atoms with van der Waals surface area (Å²) < 4.78 is 31.8. The number of sulfonamides is 1. The molecule has 2 aromatic rings. The molecule has 5 nitrogen and oxygen atoms in total. The summed E-state index contributed by atoms with van der Waals surface area (Å²) in [6, 6.07) is 15.4. The summed E-state index contributed by atoms with van der Waals surface area (Å²) in [6.07, 6.45) is 0.580. The molecule has 0 radical (unpaired) electrons. The second kappa shape index (κ2) is 8.08. The number of hydrogen-bond donors (Lipinski definition) is 0. The van der Waals surface area contributed by atoms with E-state index in [1.54, 1.807) is 0 Å². The standard InChI is InChI=1S/C18H21NO4S/c1-15(20)16-9-11-18(12-10-16)24(21,22)19(2)13-6-14-23-17-7-4-3-5-8-17/h3-5,7-12H,6,13-14H2,1-2H3. The van der Waals surface area contributed by atoms with Gasteiger partial charge in [-0.3, -0.25) is 4.79 Å². The second-order valence-electron chi connectivity index (χ2n) is 5.42. The van der Waals surface area contributed by atoms with Crippen LogP contribution in [-0.2, 0) is 10.0 Å². The third kappa shape index (κ3) is 4.66. The van der Waals surface area contributed by atoms with Crippen molar-refractivity contribution in [3.8, 4) is 5.75 Å². The molecule has 24 heavy (non-hydrogen) atoms. The van der Waals surface area contributed by atoms with Crippen molar-refractivity contribution in [1.82, 2.24) is 4.31 Å². The van der Waals surface area contributed by atoms with E-state index in [0.717, 1.165) is 5.75 Å². The highest BCUT2D eigenvalue weighted by atomic mass is 32.2. The summed E-state index contributed by atoms with van der Waals surface area (Å²) in [5.41, 5.74) is 0.493. The number of ether oxygens (including phenoxy) is 1. The van der Waals surface area contributed by atoms with Gasteiger partial charge < -0.3 is 4.74 Å². The van der Waals surface area contributed by atoms with E-state index in [9.17, 15) is 13.2 Å². The Bertz CT molecular complexity index is 770. The van der Waals surface area contributed by atoms with E-state index >= 15 is 0 Å². The van der Waals surface area contributed by atoms with Crippen molar-refractivity contribution in [1.29, 1.82) is 0 Å². The summed E-state index contributed by atoms with van der Waals surface area (Å²) in [4.78, 5) is 11.4. The topological polar surface area (TPSA) is 63.7 Å². The van der Waals surface area contributed by atoms with Gasteiger partial charge in [0.25, 0.3) is 0 Å². The van der Waals surface area contributed by atoms with Crippen LogP contribution in [0.4, 0.5) is 0 Å². The van der Waals surface area contributed by atoms with Crippen LogP contribution in [0.1, 0.15) is 23.7 Å². The number of carbonyl (C=O) groups excluding carboxylic acids is 1. The fourth-order valence-electron chi connectivity index (χ4n) is 2.16. The second-order valence-corrected chi connectivity index (χ2v) is 7.47. The first kappa shape index (κ1) is 18.2. The van der Waals surface area contributed by atoms with Gasteiger partial charge in [0.1, 0.15) is 5.75 Å². The van der Waals surface area contributed by atoms with Gasteiger partial charge in [-0.2, -0.15) is 0 Å². The Morgan fingerprint density at radius 2 is 1.67 bits per heavy atom. The monoisotopic (exact) mass is 347 g/mol. The highest BCUT2D eigenvalue weighted by molar-refractivity contribution is 7.89. The number of carbonyl (C=O) groups is 1. The molecule has 0 aromatic heterocycles. The number of Topliss-reactive ketones (excluding diaryl/α,β-unsaturated/α-hetero) is 1. The van der Waals surface area contributed by atoms with Crippen molar-refractivity contribution in [2.45, 2.75) is 18.2 Å². The largest absolute Gasteiger partial charge is 0.494 e. The zero-order valence-corrected chi connectivity index (χ0v) is 14.6. The number of nitrogens with zero attached hydrogens (tertiary/aromatic N) is 1. The molecule has 0 bridgehead atoms. The number of para-hydroxylation sites is 1. The van der Waals surface area contributed by atoms with Gasteiger partial charge in [0.15, 0.2) is 5.78 Å². The molecule has 0 saturated carbocycles. The van der Waals surface area contributed by atoms with Gasteiger partial charge in [-0.15, -0.1) is 0 Å². The Kier molecular flexibility index (Phi) is 6.11. The fraction of sp³-hybridized carbons (Fsp3) is 0.278. The molecule has 0 atom stereocenters. The predicted octanol–water partition coefficient (Wildman–Crippen LogP) is 2.98. The maximum absolute atomic E-state index is 12.5. The first-order valence-electron chi connectivity index (χ1n) is 7.66. The summed E-state index contributed by atoms with van der Waals surface area (Å²) in [5.74, 6) is 0.674. The molecule has 0 aliphatic rings. The minimum Gasteiger partial charge on any atom is -0.494 e. The van der Waals surface area contributed by atoms with E-state index in [0.29, 0.717) is 25.1 Å². The first-order valence-corrected chi connectivity index (χ1v) is 9.10. The molecule has 0 N–H and O–H groups in total. The van der Waals surface area contributed by atoms with E-state index in [1.165, 1.54) is 42.5 Å². The molecule has 0 fully saturated rings. The van der Waals surface area contributed by atoms with Crippen molar-refractivity contribution < 1.29 is 17.9 Å². The maximum Gasteiger partial charge on any atom is 0.242 e. The summed E-state index contributed by atoms with van der Waals surface area (Å²) >= 11 is 0. The zero-order valence-electron chi connectivity index (χ0n) is 13.8. The Morgan fingerprint density at radius 1 is 1.04 bits per heavy atom. The van der Waals surface area contributed by atoms with Crippen LogP contribution in [0, 0.1) is 0 Å². The fourth-order valence-corrected chi connectivity index (χ4v) is 3.37. The number of hydrogen-bond acceptors (Lipinski definition) is 4. The number of ketones is 1. The highest BCUT2D eigenvalue weighted by Crippen LogP contribution is 2.16. The average molecular weight is 347 g/mol. The molecule has 2 aromatic carbocycles. The lowest BCUT2D eigenvalue weighted by Gasteiger charge is -2.17. The van der Waals surface area contributed by atoms with Gasteiger partial charge in [0, 0.05) is 19.2 Å². The molecule has 128 valence electrons. The van der Waals surface area contributed by atoms with E-state index in [2.05, 4.69) is 0 Å². The lowest BCUT2D eigenvalue weighted by atomic mass is 10.2. The van der Waals surface area contributed by atoms with Crippen LogP contribution in [0.5, 0.6) is 5.75 Å². The quantitative estimate of drug-likeness (QED) is 0.544. The molecule has 0 aliphatic heterocycles. The number of benzene rings is 2. The average Bonchev–Trinajstić information content (AvgIpc) is 2.59. The van der Waals surface area contributed by atoms with Crippen LogP contribution in [-0.4, -0.2) is 38.7 Å². The molecule has 0 aliphatic carbocycles. The van der Waals surface area contributed by atoms with E-state index in [-0.39, 0.29) is 10.7 Å². The number of rotatable bonds is 8. The van der Waals surface area contributed by atoms with Gasteiger partial charge in [0.05, 0.1) is 11.5 Å². The van der Waals surface area contributed by atoms with Crippen molar-refractivity contribution >= 4 is 15.8 Å². The normalized spacial score (nSPS) is 11.5. The first-order chi connectivity index (χ1) is 11.4. The third-order valence-electron chi connectivity index (χ3n) is 3.60. The smallest absolute Gasteiger partial charge is 0.242 e. The lowest BCUT2D eigenvalue weighted by molar-refractivity contribution is 0.101. The molecule has 0 saturated heterocycles. The molecule has 0 heterocycles. The van der Waals surface area contributed by atoms with Crippen molar-refractivity contribution in [3.05, 3.63) is 60.2 Å². The van der Waals surface area contributed by atoms with Gasteiger partial charge in [-0.25, -0.2) is 12.7 Å². The van der Waals surface area contributed by atoms with Crippen LogP contribution >= 0.6 is 0 Å². The summed E-state index contributed by atoms with van der Waals surface area (Å²) in [6.45, 7) is 2.24. The Labute approximate surface area is 142 Å². The minimum absolute atomic E-state index is 0.0923. The lowest BCUT2D eigenvalue weighted by Crippen LogP contribution is -2.28. The van der Waals surface area contributed by atoms with Crippen LogP contribution in [0.2, 0.25) is 0 Å². The molecule has 6 heteroatoms. The van der Waals surface area contributed by atoms with Crippen molar-refractivity contribution in [2.24, 2.45) is 0 Å². The molecule has 2 rings (SSSR count). The summed E-state index contributed by atoms with van der Waals surface area (Å²) in [5, 5.41) is 0. The van der Waals surface area contributed by atoms with Gasteiger partial charge in [0.2, 0.25) is 10.0 Å². The maximum atomic E-state index is 12.5. The van der Waals surface area contributed by atoms with Crippen LogP contribution in [0.3, 0.4) is 0 Å². The zero-order chi connectivity index (χ0) is 17.6. The summed E-state index contributed by atoms with van der Waals surface area (Å²) in [7, 11) is -2.02. The Hall–Kier alpha value is -2.18. The van der Waals surface area contributed by atoms with Gasteiger partial charge in [-0.05, 0) is 37.6 Å². The van der Waals surface area contributed by atoms with Crippen LogP contribution in [0.15, 0.2) is 59.5 Å². The SMILES string of the molecule is CC(=O)c1ccc(S(=O)(=O)N(C)CCCOc2ccccc2)cc1. The molecule has 0 spiro atoms. The highest BCUT2D eigenvalue weighted by Gasteiger charge is 2.20. The van der Waals surface area contributed by atoms with Gasteiger partial charge in [-0.1, -0.05) is 30.3 Å². The molecule has 0 amide bonds. The minimum atomic E-state index is -3.56. The Morgan fingerprint density at radius 3 is 2.25 bits per heavy atom. The van der Waals surface area contributed by atoms with E-state index in [1.807, 2.05) is 30.3 Å². The van der Waals surface area contributed by atoms with Crippen molar-refractivity contribution in [2.75, 3.05) is 20.2 Å². The van der Waals surface area contributed by atoms with Crippen molar-refractivity contribution in [3.63, 3.8) is 0 Å². The molecular weight excluding hydrogens is 326 g/mol. The molecular formula is C18H21NO4S. The van der Waals surface area contributed by atoms with E-state index < -0.39 is 10.0 Å². The van der Waals surface area contributed by atoms with Gasteiger partial charge >= 0.3 is 0 Å².